The van der Waals surface area contributed by atoms with Gasteiger partial charge in [0, 0.05) is 11.7 Å². The summed E-state index contributed by atoms with van der Waals surface area (Å²) >= 11 is 0. The number of para-hydroxylation sites is 1. The van der Waals surface area contributed by atoms with E-state index in [1.807, 2.05) is 0 Å². The number of amides is 1. The van der Waals surface area contributed by atoms with Crippen molar-refractivity contribution < 1.29 is 18.0 Å². The summed E-state index contributed by atoms with van der Waals surface area (Å²) in [7, 11) is 0. The molecule has 1 amide bonds. The largest absolute Gasteiger partial charge is 0.418 e. The Hall–Kier alpha value is -2.64. The minimum absolute atomic E-state index is 0.0412. The van der Waals surface area contributed by atoms with Crippen molar-refractivity contribution in [3.05, 3.63) is 47.3 Å². The van der Waals surface area contributed by atoms with E-state index in [0.717, 1.165) is 31.7 Å². The molecule has 0 unspecified atom stereocenters. The molecule has 1 aliphatic carbocycles. The van der Waals surface area contributed by atoms with Crippen LogP contribution in [0.1, 0.15) is 53.8 Å². The van der Waals surface area contributed by atoms with Crippen LogP contribution in [0.5, 0.6) is 0 Å². The van der Waals surface area contributed by atoms with Gasteiger partial charge in [0.2, 0.25) is 5.95 Å². The molecule has 8 heteroatoms. The topological polar surface area (TPSA) is 66.9 Å². The summed E-state index contributed by atoms with van der Waals surface area (Å²) in [5, 5.41) is 5.55. The van der Waals surface area contributed by atoms with E-state index in [0.29, 0.717) is 5.69 Å². The summed E-state index contributed by atoms with van der Waals surface area (Å²) in [6, 6.07) is 6.73. The van der Waals surface area contributed by atoms with Crippen LogP contribution in [0.15, 0.2) is 30.3 Å². The Bertz CT molecular complexity index is 817. The number of rotatable bonds is 4. The Morgan fingerprint density at radius 1 is 1.11 bits per heavy atom. The molecule has 2 N–H and O–H groups in total. The lowest BCUT2D eigenvalue weighted by Gasteiger charge is -2.22. The zero-order valence-corrected chi connectivity index (χ0v) is 14.9. The minimum Gasteiger partial charge on any atom is -0.348 e. The second-order valence-corrected chi connectivity index (χ2v) is 6.69. The van der Waals surface area contributed by atoms with E-state index in [-0.39, 0.29) is 29.3 Å². The highest BCUT2D eigenvalue weighted by atomic mass is 19.4. The van der Waals surface area contributed by atoms with E-state index in [1.54, 1.807) is 6.92 Å². The van der Waals surface area contributed by atoms with Crippen LogP contribution in [0.2, 0.25) is 0 Å². The van der Waals surface area contributed by atoms with Gasteiger partial charge in [-0.2, -0.15) is 13.2 Å². The predicted octanol–water partition coefficient (Wildman–Crippen LogP) is 4.61. The van der Waals surface area contributed by atoms with Crippen molar-refractivity contribution in [2.45, 2.75) is 51.2 Å². The molecular formula is C19H21F3N4O. The normalized spacial score (nSPS) is 15.4. The van der Waals surface area contributed by atoms with Crippen molar-refractivity contribution in [1.82, 2.24) is 15.3 Å². The van der Waals surface area contributed by atoms with Crippen LogP contribution in [-0.4, -0.2) is 21.9 Å². The van der Waals surface area contributed by atoms with E-state index < -0.39 is 11.7 Å². The van der Waals surface area contributed by atoms with Crippen molar-refractivity contribution in [2.75, 3.05) is 5.32 Å². The monoisotopic (exact) mass is 378 g/mol. The number of alkyl halides is 3. The Morgan fingerprint density at radius 2 is 1.81 bits per heavy atom. The average molecular weight is 378 g/mol. The zero-order valence-electron chi connectivity index (χ0n) is 14.9. The van der Waals surface area contributed by atoms with E-state index in [9.17, 15) is 18.0 Å². The van der Waals surface area contributed by atoms with Crippen molar-refractivity contribution in [3.8, 4) is 0 Å². The SMILES string of the molecule is Cc1cc(C(=O)NC2CCCCC2)nc(Nc2ccccc2C(F)(F)F)n1. The second-order valence-electron chi connectivity index (χ2n) is 6.69. The van der Waals surface area contributed by atoms with Gasteiger partial charge in [0.1, 0.15) is 5.69 Å². The van der Waals surface area contributed by atoms with Crippen molar-refractivity contribution in [1.29, 1.82) is 0 Å². The maximum atomic E-state index is 13.2. The fraction of sp³-hybridized carbons (Fsp3) is 0.421. The van der Waals surface area contributed by atoms with Crippen molar-refractivity contribution in [2.24, 2.45) is 0 Å². The molecule has 1 aliphatic rings. The van der Waals surface area contributed by atoms with Gasteiger partial charge in [0.25, 0.3) is 5.91 Å². The van der Waals surface area contributed by atoms with Crippen LogP contribution in [0, 0.1) is 6.92 Å². The fourth-order valence-corrected chi connectivity index (χ4v) is 3.21. The summed E-state index contributed by atoms with van der Waals surface area (Å²) in [6.45, 7) is 1.67. The molecule has 1 heterocycles. The molecule has 1 saturated carbocycles. The molecule has 27 heavy (non-hydrogen) atoms. The van der Waals surface area contributed by atoms with Gasteiger partial charge in [-0.15, -0.1) is 0 Å². The molecule has 5 nitrogen and oxygen atoms in total. The number of halogens is 3. The Balaban J connectivity index is 1.81. The highest BCUT2D eigenvalue weighted by molar-refractivity contribution is 5.93. The average Bonchev–Trinajstić information content (AvgIpc) is 2.61. The van der Waals surface area contributed by atoms with Crippen LogP contribution in [0.25, 0.3) is 0 Å². The quantitative estimate of drug-likeness (QED) is 0.815. The first-order valence-corrected chi connectivity index (χ1v) is 8.93. The fourth-order valence-electron chi connectivity index (χ4n) is 3.21. The van der Waals surface area contributed by atoms with Gasteiger partial charge < -0.3 is 10.6 Å². The number of carbonyl (C=O) groups is 1. The number of hydrogen-bond acceptors (Lipinski definition) is 4. The molecule has 144 valence electrons. The summed E-state index contributed by atoms with van der Waals surface area (Å²) in [5.74, 6) is -0.375. The lowest BCUT2D eigenvalue weighted by atomic mass is 9.95. The van der Waals surface area contributed by atoms with Crippen LogP contribution in [0.4, 0.5) is 24.8 Å². The first-order chi connectivity index (χ1) is 12.8. The lowest BCUT2D eigenvalue weighted by molar-refractivity contribution is -0.136. The smallest absolute Gasteiger partial charge is 0.348 e. The van der Waals surface area contributed by atoms with Gasteiger partial charge in [-0.25, -0.2) is 9.97 Å². The van der Waals surface area contributed by atoms with Crippen LogP contribution in [0.3, 0.4) is 0 Å². The summed E-state index contributed by atoms with van der Waals surface area (Å²) in [5.41, 5.74) is -0.344. The third-order valence-electron chi connectivity index (χ3n) is 4.51. The van der Waals surface area contributed by atoms with E-state index in [1.165, 1.54) is 30.7 Å². The number of anilines is 2. The third-order valence-corrected chi connectivity index (χ3v) is 4.51. The van der Waals surface area contributed by atoms with Gasteiger partial charge in [-0.05, 0) is 38.0 Å². The molecule has 0 saturated heterocycles. The van der Waals surface area contributed by atoms with Crippen LogP contribution in [-0.2, 0) is 6.18 Å². The number of nitrogens with one attached hydrogen (secondary N) is 2. The second kappa shape index (κ2) is 7.94. The summed E-state index contributed by atoms with van der Waals surface area (Å²) in [6.07, 6.45) is 0.684. The van der Waals surface area contributed by atoms with Crippen molar-refractivity contribution >= 4 is 17.5 Å². The summed E-state index contributed by atoms with van der Waals surface area (Å²) in [4.78, 5) is 20.7. The molecule has 2 aromatic rings. The van der Waals surface area contributed by atoms with E-state index in [2.05, 4.69) is 20.6 Å². The number of aryl methyl sites for hydroxylation is 1. The maximum Gasteiger partial charge on any atom is 0.418 e. The first kappa shape index (κ1) is 19.1. The van der Waals surface area contributed by atoms with Gasteiger partial charge >= 0.3 is 6.18 Å². The number of hydrogen-bond donors (Lipinski definition) is 2. The van der Waals surface area contributed by atoms with Gasteiger partial charge in [0.15, 0.2) is 0 Å². The van der Waals surface area contributed by atoms with E-state index >= 15 is 0 Å². The molecule has 0 bridgehead atoms. The molecule has 0 aliphatic heterocycles. The van der Waals surface area contributed by atoms with Gasteiger partial charge in [0.05, 0.1) is 11.3 Å². The Labute approximate surface area is 155 Å². The maximum absolute atomic E-state index is 13.2. The van der Waals surface area contributed by atoms with Crippen LogP contribution >= 0.6 is 0 Å². The Kier molecular flexibility index (Phi) is 5.62. The highest BCUT2D eigenvalue weighted by Gasteiger charge is 2.33. The van der Waals surface area contributed by atoms with Gasteiger partial charge in [-0.3, -0.25) is 4.79 Å². The molecule has 0 spiro atoms. The molecule has 1 aromatic heterocycles. The lowest BCUT2D eigenvalue weighted by Crippen LogP contribution is -2.36. The number of carbonyl (C=O) groups excluding carboxylic acids is 1. The van der Waals surface area contributed by atoms with Crippen molar-refractivity contribution in [3.63, 3.8) is 0 Å². The molecule has 1 fully saturated rings. The zero-order chi connectivity index (χ0) is 19.4. The predicted molar refractivity (Wildman–Crippen MR) is 95.8 cm³/mol. The standard InChI is InChI=1S/C19H21F3N4O/c1-12-11-16(17(27)24-13-7-3-2-4-8-13)26-18(23-12)25-15-10-6-5-9-14(15)19(20,21)22/h5-6,9-11,13H,2-4,7-8H2,1H3,(H,24,27)(H,23,25,26). The minimum atomic E-state index is -4.51. The third kappa shape index (κ3) is 4.96. The number of nitrogens with zero attached hydrogens (tertiary/aromatic N) is 2. The first-order valence-electron chi connectivity index (χ1n) is 8.93. The Morgan fingerprint density at radius 3 is 2.52 bits per heavy atom. The van der Waals surface area contributed by atoms with E-state index in [4.69, 9.17) is 0 Å². The number of aromatic nitrogens is 2. The molecule has 0 radical (unpaired) electrons. The molecular weight excluding hydrogens is 357 g/mol. The number of benzene rings is 1. The highest BCUT2D eigenvalue weighted by Crippen LogP contribution is 2.35. The van der Waals surface area contributed by atoms with Crippen LogP contribution < -0.4 is 10.6 Å². The van der Waals surface area contributed by atoms with Gasteiger partial charge in [-0.1, -0.05) is 31.4 Å². The summed E-state index contributed by atoms with van der Waals surface area (Å²) < 4.78 is 39.5. The molecule has 1 aromatic carbocycles. The molecule has 0 atom stereocenters. The molecule has 3 rings (SSSR count).